The summed E-state index contributed by atoms with van der Waals surface area (Å²) in [5.74, 6) is 0.0665. The molecule has 0 radical (unpaired) electrons. The van der Waals surface area contributed by atoms with Gasteiger partial charge in [0.1, 0.15) is 0 Å². The molecule has 25 heavy (non-hydrogen) atoms. The average Bonchev–Trinajstić information content (AvgIpc) is 2.62. The fraction of sp³-hybridized carbons (Fsp3) is 0.350. The van der Waals surface area contributed by atoms with Crippen molar-refractivity contribution in [3.8, 4) is 11.1 Å². The summed E-state index contributed by atoms with van der Waals surface area (Å²) in [6.07, 6.45) is 2.63. The third kappa shape index (κ3) is 5.74. The Morgan fingerprint density at radius 1 is 1.04 bits per heavy atom. The Morgan fingerprint density at radius 2 is 1.72 bits per heavy atom. The highest BCUT2D eigenvalue weighted by atomic mass is 35.5. The van der Waals surface area contributed by atoms with Gasteiger partial charge in [-0.15, -0.1) is 0 Å². The minimum Gasteiger partial charge on any atom is -0.354 e. The Hall–Kier alpha value is -1.55. The lowest BCUT2D eigenvalue weighted by Gasteiger charge is -2.15. The van der Waals surface area contributed by atoms with Crippen LogP contribution in [-0.2, 0) is 11.2 Å². The molecule has 2 rings (SSSR count). The molecule has 2 aromatic carbocycles. The smallest absolute Gasteiger partial charge is 0.237 e. The third-order valence-corrected chi connectivity index (χ3v) is 4.90. The first kappa shape index (κ1) is 19.8. The molecule has 2 N–H and O–H groups in total. The largest absolute Gasteiger partial charge is 0.354 e. The number of benzene rings is 2. The first-order chi connectivity index (χ1) is 12.0. The Labute approximate surface area is 159 Å². The minimum atomic E-state index is -0.109. The van der Waals surface area contributed by atoms with Gasteiger partial charge >= 0.3 is 0 Å². The van der Waals surface area contributed by atoms with E-state index in [0.29, 0.717) is 16.6 Å². The van der Waals surface area contributed by atoms with Crippen LogP contribution >= 0.6 is 23.2 Å². The summed E-state index contributed by atoms with van der Waals surface area (Å²) in [5.41, 5.74) is 3.30. The quantitative estimate of drug-likeness (QED) is 0.698. The lowest BCUT2D eigenvalue weighted by molar-refractivity contribution is -0.123. The van der Waals surface area contributed by atoms with E-state index >= 15 is 0 Å². The summed E-state index contributed by atoms with van der Waals surface area (Å²) in [4.78, 5) is 12.1. The zero-order chi connectivity index (χ0) is 18.2. The van der Waals surface area contributed by atoms with Crippen molar-refractivity contribution in [1.29, 1.82) is 0 Å². The van der Waals surface area contributed by atoms with E-state index in [4.69, 9.17) is 23.2 Å². The van der Waals surface area contributed by atoms with Crippen molar-refractivity contribution in [1.82, 2.24) is 10.6 Å². The molecule has 0 heterocycles. The Morgan fingerprint density at radius 3 is 2.32 bits per heavy atom. The van der Waals surface area contributed by atoms with Gasteiger partial charge in [0, 0.05) is 6.54 Å². The Bertz CT molecular complexity index is 701. The summed E-state index contributed by atoms with van der Waals surface area (Å²) < 4.78 is 0. The summed E-state index contributed by atoms with van der Waals surface area (Å²) in [5, 5.41) is 7.16. The highest BCUT2D eigenvalue weighted by Crippen LogP contribution is 2.28. The summed E-state index contributed by atoms with van der Waals surface area (Å²) in [7, 11) is 1.82. The van der Waals surface area contributed by atoms with Crippen LogP contribution in [-0.4, -0.2) is 25.5 Å². The molecule has 0 fully saturated rings. The molecule has 0 saturated carbocycles. The van der Waals surface area contributed by atoms with Crippen LogP contribution in [0, 0.1) is 0 Å². The molecule has 134 valence electrons. The van der Waals surface area contributed by atoms with Crippen molar-refractivity contribution in [2.45, 2.75) is 32.2 Å². The second-order valence-electron chi connectivity index (χ2n) is 6.00. The van der Waals surface area contributed by atoms with Gasteiger partial charge in [0.15, 0.2) is 0 Å². The van der Waals surface area contributed by atoms with Gasteiger partial charge in [0.25, 0.3) is 0 Å². The molecule has 3 nitrogen and oxygen atoms in total. The fourth-order valence-corrected chi connectivity index (χ4v) is 2.99. The normalized spacial score (nSPS) is 12.0. The van der Waals surface area contributed by atoms with Crippen LogP contribution < -0.4 is 10.6 Å². The summed E-state index contributed by atoms with van der Waals surface area (Å²) >= 11 is 12.0. The number of carbonyl (C=O) groups is 1. The molecule has 0 aliphatic rings. The molecule has 0 aromatic heterocycles. The topological polar surface area (TPSA) is 41.1 Å². The lowest BCUT2D eigenvalue weighted by atomic mass is 10.0. The molecule has 1 atom stereocenters. The SMILES string of the molecule is CCCC(NC)C(=O)NCCc1ccc(-c2ccc(Cl)c(Cl)c2)cc1. The van der Waals surface area contributed by atoms with Crippen molar-refractivity contribution in [3.63, 3.8) is 0 Å². The van der Waals surface area contributed by atoms with Crippen LogP contribution in [0.15, 0.2) is 42.5 Å². The lowest BCUT2D eigenvalue weighted by Crippen LogP contribution is -2.43. The van der Waals surface area contributed by atoms with Gasteiger partial charge in [-0.25, -0.2) is 0 Å². The number of hydrogen-bond donors (Lipinski definition) is 2. The molecular weight excluding hydrogens is 355 g/mol. The maximum Gasteiger partial charge on any atom is 0.237 e. The molecule has 2 aromatic rings. The van der Waals surface area contributed by atoms with Gasteiger partial charge in [0.05, 0.1) is 16.1 Å². The van der Waals surface area contributed by atoms with Crippen molar-refractivity contribution >= 4 is 29.1 Å². The zero-order valence-electron chi connectivity index (χ0n) is 14.6. The zero-order valence-corrected chi connectivity index (χ0v) is 16.1. The first-order valence-electron chi connectivity index (χ1n) is 8.54. The van der Waals surface area contributed by atoms with E-state index in [9.17, 15) is 4.79 Å². The highest BCUT2D eigenvalue weighted by Gasteiger charge is 2.14. The van der Waals surface area contributed by atoms with Crippen molar-refractivity contribution in [3.05, 3.63) is 58.1 Å². The van der Waals surface area contributed by atoms with Crippen molar-refractivity contribution in [2.75, 3.05) is 13.6 Å². The maximum atomic E-state index is 12.1. The van der Waals surface area contributed by atoms with Crippen LogP contribution in [0.2, 0.25) is 10.0 Å². The number of rotatable bonds is 8. The molecule has 0 saturated heterocycles. The maximum absolute atomic E-state index is 12.1. The van der Waals surface area contributed by atoms with E-state index in [-0.39, 0.29) is 11.9 Å². The molecule has 1 unspecified atom stereocenters. The van der Waals surface area contributed by atoms with Gasteiger partial charge in [-0.3, -0.25) is 4.79 Å². The molecule has 0 spiro atoms. The van der Waals surface area contributed by atoms with Gasteiger partial charge in [-0.1, -0.05) is 66.9 Å². The molecule has 0 bridgehead atoms. The fourth-order valence-electron chi connectivity index (χ4n) is 2.69. The minimum absolute atomic E-state index is 0.0665. The number of hydrogen-bond acceptors (Lipinski definition) is 2. The van der Waals surface area contributed by atoms with E-state index in [2.05, 4.69) is 41.8 Å². The van der Waals surface area contributed by atoms with E-state index in [1.165, 1.54) is 5.56 Å². The molecule has 1 amide bonds. The Kier molecular flexibility index (Phi) is 7.76. The number of amides is 1. The van der Waals surface area contributed by atoms with Crippen LogP contribution in [0.4, 0.5) is 0 Å². The third-order valence-electron chi connectivity index (χ3n) is 4.16. The van der Waals surface area contributed by atoms with Gasteiger partial charge in [-0.2, -0.15) is 0 Å². The number of nitrogens with one attached hydrogen (secondary N) is 2. The first-order valence-corrected chi connectivity index (χ1v) is 9.30. The predicted molar refractivity (Wildman–Crippen MR) is 106 cm³/mol. The molecule has 0 aliphatic heterocycles. The monoisotopic (exact) mass is 378 g/mol. The van der Waals surface area contributed by atoms with E-state index in [1.54, 1.807) is 6.07 Å². The average molecular weight is 379 g/mol. The molecule has 5 heteroatoms. The van der Waals surface area contributed by atoms with Crippen LogP contribution in [0.3, 0.4) is 0 Å². The molecular formula is C20H24Cl2N2O. The molecule has 0 aliphatic carbocycles. The number of halogens is 2. The predicted octanol–water partition coefficient (Wildman–Crippen LogP) is 4.71. The van der Waals surface area contributed by atoms with Crippen molar-refractivity contribution in [2.24, 2.45) is 0 Å². The van der Waals surface area contributed by atoms with Crippen LogP contribution in [0.25, 0.3) is 11.1 Å². The Balaban J connectivity index is 1.90. The van der Waals surface area contributed by atoms with E-state index in [1.807, 2.05) is 19.2 Å². The van der Waals surface area contributed by atoms with E-state index < -0.39 is 0 Å². The van der Waals surface area contributed by atoms with Crippen LogP contribution in [0.5, 0.6) is 0 Å². The number of likely N-dealkylation sites (N-methyl/N-ethyl adjacent to an activating group) is 1. The second kappa shape index (κ2) is 9.81. The van der Waals surface area contributed by atoms with Crippen molar-refractivity contribution < 1.29 is 4.79 Å². The van der Waals surface area contributed by atoms with Gasteiger partial charge in [0.2, 0.25) is 5.91 Å². The number of carbonyl (C=O) groups excluding carboxylic acids is 1. The van der Waals surface area contributed by atoms with Crippen LogP contribution in [0.1, 0.15) is 25.3 Å². The highest BCUT2D eigenvalue weighted by molar-refractivity contribution is 6.42. The van der Waals surface area contributed by atoms with E-state index in [0.717, 1.165) is 30.4 Å². The van der Waals surface area contributed by atoms with Gasteiger partial charge in [-0.05, 0) is 48.7 Å². The summed E-state index contributed by atoms with van der Waals surface area (Å²) in [6.45, 7) is 2.71. The summed E-state index contributed by atoms with van der Waals surface area (Å²) in [6, 6.07) is 13.8. The standard InChI is InChI=1S/C20H24Cl2N2O/c1-3-4-19(23-2)20(25)24-12-11-14-5-7-15(8-6-14)16-9-10-17(21)18(22)13-16/h5-10,13,19,23H,3-4,11-12H2,1-2H3,(H,24,25). The second-order valence-corrected chi connectivity index (χ2v) is 6.81. The van der Waals surface area contributed by atoms with Gasteiger partial charge < -0.3 is 10.6 Å².